The molecule has 1 N–H and O–H groups in total. The lowest BCUT2D eigenvalue weighted by Gasteiger charge is -2.42. The number of rotatable bonds is 2. The van der Waals surface area contributed by atoms with Crippen LogP contribution in [0.4, 0.5) is 0 Å². The molecule has 0 saturated heterocycles. The third-order valence-electron chi connectivity index (χ3n) is 8.10. The molecule has 5 aromatic rings. The van der Waals surface area contributed by atoms with E-state index in [1.165, 1.54) is 59.8 Å². The lowest BCUT2D eigenvalue weighted by Crippen LogP contribution is -2.31. The second-order valence-corrected chi connectivity index (χ2v) is 10.3. The maximum atomic E-state index is 6.11. The van der Waals surface area contributed by atoms with Crippen molar-refractivity contribution in [1.82, 2.24) is 9.97 Å². The zero-order valence-electron chi connectivity index (χ0n) is 18.5. The number of hydrogen-bond acceptors (Lipinski definition) is 2. The highest BCUT2D eigenvalue weighted by Gasteiger charge is 2.38. The molecule has 0 aliphatic heterocycles. The van der Waals surface area contributed by atoms with Crippen LogP contribution < -0.4 is 0 Å². The van der Waals surface area contributed by atoms with Crippen LogP contribution in [0.1, 0.15) is 50.8 Å². The normalized spacial score (nSPS) is 25.7. The Morgan fingerprint density at radius 2 is 1.69 bits per heavy atom. The Labute approximate surface area is 187 Å². The van der Waals surface area contributed by atoms with Gasteiger partial charge in [0.2, 0.25) is 0 Å². The molecule has 2 fully saturated rings. The number of H-pyrrole nitrogens is 1. The third-order valence-corrected chi connectivity index (χ3v) is 8.10. The highest BCUT2D eigenvalue weighted by atomic mass is 16.3. The van der Waals surface area contributed by atoms with Crippen molar-refractivity contribution >= 4 is 33.0 Å². The van der Waals surface area contributed by atoms with Crippen LogP contribution in [-0.4, -0.2) is 9.97 Å². The Morgan fingerprint density at radius 1 is 0.844 bits per heavy atom. The van der Waals surface area contributed by atoms with Gasteiger partial charge in [-0.2, -0.15) is 0 Å². The second kappa shape index (κ2) is 6.96. The first-order valence-electron chi connectivity index (χ1n) is 12.1. The summed E-state index contributed by atoms with van der Waals surface area (Å²) < 4.78 is 6.11. The average molecular weight is 421 g/mol. The van der Waals surface area contributed by atoms with Crippen LogP contribution >= 0.6 is 0 Å². The van der Waals surface area contributed by atoms with Gasteiger partial charge in [0.1, 0.15) is 17.0 Å². The highest BCUT2D eigenvalue weighted by Crippen LogP contribution is 2.49. The standard InChI is InChI=1S/C29H28N2O/c1-17-12-18-6-9-22(21(13-17)14-18)29-30-25-11-8-19(15-26(25)31-29)20-7-10-24-23-4-2-3-5-27(23)32-28(24)16-20/h2-5,7-8,10-11,15-18,21-22H,6,9,12-14H2,1H3,(H,30,31)/t17-,18+,21-,22?/m1/s1. The molecule has 3 aromatic carbocycles. The zero-order valence-corrected chi connectivity index (χ0v) is 18.5. The van der Waals surface area contributed by atoms with E-state index in [-0.39, 0.29) is 0 Å². The molecule has 3 nitrogen and oxygen atoms in total. The quantitative estimate of drug-likeness (QED) is 0.314. The highest BCUT2D eigenvalue weighted by molar-refractivity contribution is 6.06. The van der Waals surface area contributed by atoms with Gasteiger partial charge in [0.15, 0.2) is 0 Å². The fourth-order valence-electron chi connectivity index (χ4n) is 6.67. The summed E-state index contributed by atoms with van der Waals surface area (Å²) in [5, 5.41) is 2.35. The fourth-order valence-corrected chi connectivity index (χ4v) is 6.67. The number of imidazole rings is 1. The largest absolute Gasteiger partial charge is 0.456 e. The predicted octanol–water partition coefficient (Wildman–Crippen LogP) is 8.06. The van der Waals surface area contributed by atoms with Gasteiger partial charge in [-0.05, 0) is 91.3 Å². The van der Waals surface area contributed by atoms with Crippen molar-refractivity contribution in [3.63, 3.8) is 0 Å². The van der Waals surface area contributed by atoms with Gasteiger partial charge in [-0.1, -0.05) is 37.3 Å². The summed E-state index contributed by atoms with van der Waals surface area (Å²) in [7, 11) is 0. The Balaban J connectivity index is 1.25. The summed E-state index contributed by atoms with van der Waals surface area (Å²) in [6, 6.07) is 21.4. The molecule has 3 heteroatoms. The van der Waals surface area contributed by atoms with E-state index in [0.717, 1.165) is 40.0 Å². The first-order valence-corrected chi connectivity index (χ1v) is 12.1. The molecule has 0 radical (unpaired) electrons. The molecule has 2 bridgehead atoms. The predicted molar refractivity (Wildman–Crippen MR) is 131 cm³/mol. The molecule has 7 rings (SSSR count). The Morgan fingerprint density at radius 3 is 2.66 bits per heavy atom. The van der Waals surface area contributed by atoms with E-state index >= 15 is 0 Å². The number of nitrogens with zero attached hydrogens (tertiary/aromatic N) is 1. The molecule has 2 aromatic heterocycles. The maximum Gasteiger partial charge on any atom is 0.136 e. The summed E-state index contributed by atoms with van der Waals surface area (Å²) in [5.74, 6) is 4.42. The van der Waals surface area contributed by atoms with Crippen LogP contribution in [0.5, 0.6) is 0 Å². The van der Waals surface area contributed by atoms with Gasteiger partial charge >= 0.3 is 0 Å². The SMILES string of the molecule is C[C@@H]1C[C@@H]2CCC(c3nc4ccc(-c5ccc6c(c5)oc5ccccc56)cc4[nH]3)[C@H](C1)C2. The molecule has 2 saturated carbocycles. The van der Waals surface area contributed by atoms with Gasteiger partial charge in [-0.3, -0.25) is 0 Å². The molecule has 2 aliphatic carbocycles. The van der Waals surface area contributed by atoms with E-state index in [0.29, 0.717) is 5.92 Å². The Kier molecular flexibility index (Phi) is 4.03. The minimum Gasteiger partial charge on any atom is -0.456 e. The van der Waals surface area contributed by atoms with Crippen molar-refractivity contribution in [2.24, 2.45) is 17.8 Å². The van der Waals surface area contributed by atoms with Gasteiger partial charge < -0.3 is 9.40 Å². The van der Waals surface area contributed by atoms with Crippen LogP contribution in [-0.2, 0) is 0 Å². The summed E-state index contributed by atoms with van der Waals surface area (Å²) >= 11 is 0. The molecule has 0 spiro atoms. The van der Waals surface area contributed by atoms with Crippen LogP contribution in [0.2, 0.25) is 0 Å². The van der Waals surface area contributed by atoms with Crippen molar-refractivity contribution in [3.05, 3.63) is 66.5 Å². The van der Waals surface area contributed by atoms with Crippen molar-refractivity contribution < 1.29 is 4.42 Å². The van der Waals surface area contributed by atoms with Crippen LogP contribution in [0, 0.1) is 17.8 Å². The molecule has 160 valence electrons. The number of para-hydroxylation sites is 1. The number of hydrogen-bond donors (Lipinski definition) is 1. The summed E-state index contributed by atoms with van der Waals surface area (Å²) in [6.45, 7) is 2.44. The Bertz CT molecular complexity index is 1460. The van der Waals surface area contributed by atoms with E-state index in [1.54, 1.807) is 0 Å². The number of nitrogens with one attached hydrogen (secondary N) is 1. The van der Waals surface area contributed by atoms with Crippen molar-refractivity contribution in [1.29, 1.82) is 0 Å². The smallest absolute Gasteiger partial charge is 0.136 e. The zero-order chi connectivity index (χ0) is 21.2. The topological polar surface area (TPSA) is 41.8 Å². The lowest BCUT2D eigenvalue weighted by atomic mass is 9.64. The number of furan rings is 1. The number of aromatic nitrogens is 2. The summed E-state index contributed by atoms with van der Waals surface area (Å²) in [6.07, 6.45) is 6.85. The van der Waals surface area contributed by atoms with E-state index in [2.05, 4.69) is 60.4 Å². The lowest BCUT2D eigenvalue weighted by molar-refractivity contribution is 0.121. The molecule has 2 aliphatic rings. The summed E-state index contributed by atoms with van der Waals surface area (Å²) in [5.41, 5.74) is 6.49. The molecule has 0 amide bonds. The average Bonchev–Trinajstić information content (AvgIpc) is 3.39. The van der Waals surface area contributed by atoms with Crippen molar-refractivity contribution in [2.75, 3.05) is 0 Å². The monoisotopic (exact) mass is 420 g/mol. The van der Waals surface area contributed by atoms with Gasteiger partial charge in [0.05, 0.1) is 11.0 Å². The Hall–Kier alpha value is -3.07. The maximum absolute atomic E-state index is 6.11. The van der Waals surface area contributed by atoms with E-state index in [1.807, 2.05) is 12.1 Å². The molecule has 1 unspecified atom stereocenters. The first kappa shape index (κ1) is 18.5. The fraction of sp³-hybridized carbons (Fsp3) is 0.345. The van der Waals surface area contributed by atoms with E-state index in [9.17, 15) is 0 Å². The van der Waals surface area contributed by atoms with Crippen LogP contribution in [0.3, 0.4) is 0 Å². The van der Waals surface area contributed by atoms with E-state index in [4.69, 9.17) is 9.40 Å². The number of aromatic amines is 1. The second-order valence-electron chi connectivity index (χ2n) is 10.3. The molecule has 4 atom stereocenters. The van der Waals surface area contributed by atoms with Crippen LogP contribution in [0.25, 0.3) is 44.1 Å². The molecular weight excluding hydrogens is 392 g/mol. The van der Waals surface area contributed by atoms with Crippen molar-refractivity contribution in [2.45, 2.75) is 44.9 Å². The first-order chi connectivity index (χ1) is 15.7. The van der Waals surface area contributed by atoms with Crippen molar-refractivity contribution in [3.8, 4) is 11.1 Å². The molecule has 2 heterocycles. The van der Waals surface area contributed by atoms with Crippen LogP contribution in [0.15, 0.2) is 65.1 Å². The summed E-state index contributed by atoms with van der Waals surface area (Å²) in [4.78, 5) is 8.77. The minimum absolute atomic E-state index is 0.594. The van der Waals surface area contributed by atoms with Gasteiger partial charge in [-0.25, -0.2) is 4.98 Å². The van der Waals surface area contributed by atoms with Gasteiger partial charge in [0, 0.05) is 16.7 Å². The number of benzene rings is 3. The molecule has 32 heavy (non-hydrogen) atoms. The molecular formula is C29H28N2O. The third kappa shape index (κ3) is 2.91. The van der Waals surface area contributed by atoms with E-state index < -0.39 is 0 Å². The minimum atomic E-state index is 0.594. The van der Waals surface area contributed by atoms with Gasteiger partial charge in [0.25, 0.3) is 0 Å². The number of fused-ring (bicyclic) bond motifs is 6. The van der Waals surface area contributed by atoms with Gasteiger partial charge in [-0.15, -0.1) is 0 Å².